The zero-order chi connectivity index (χ0) is 48.7. The molecule has 2 amide bonds. The molecule has 0 aliphatic carbocycles. The Kier molecular flexibility index (Phi) is 15.4. The van der Waals surface area contributed by atoms with Crippen molar-refractivity contribution in [2.75, 3.05) is 21.3 Å². The molecule has 0 aliphatic heterocycles. The number of para-hydroxylation sites is 2. The van der Waals surface area contributed by atoms with Gasteiger partial charge in [0.25, 0.3) is 11.8 Å². The lowest BCUT2D eigenvalue weighted by Gasteiger charge is -2.14. The summed E-state index contributed by atoms with van der Waals surface area (Å²) < 4.78 is 11.7. The van der Waals surface area contributed by atoms with E-state index in [0.29, 0.717) is 45.5 Å². The minimum absolute atomic E-state index is 0.207. The Morgan fingerprint density at radius 3 is 1.51 bits per heavy atom. The minimum atomic E-state index is -0.208. The molecule has 12 nitrogen and oxygen atoms in total. The zero-order valence-corrected chi connectivity index (χ0v) is 39.1. The summed E-state index contributed by atoms with van der Waals surface area (Å²) in [6.07, 6.45) is 8.51. The molecule has 12 heteroatoms. The van der Waals surface area contributed by atoms with Crippen LogP contribution in [0.1, 0.15) is 45.8 Å². The Balaban J connectivity index is 0.000000182. The topological polar surface area (TPSA) is 152 Å². The number of pyridine rings is 4. The van der Waals surface area contributed by atoms with Gasteiger partial charge in [-0.05, 0) is 123 Å². The molecule has 4 aromatic heterocycles. The first-order chi connectivity index (χ1) is 34.3. The lowest BCUT2D eigenvalue weighted by atomic mass is 10.1. The number of anilines is 6. The van der Waals surface area contributed by atoms with Crippen LogP contribution in [-0.4, -0.2) is 31.8 Å². The lowest BCUT2D eigenvalue weighted by molar-refractivity contribution is 0.101. The molecule has 0 bridgehead atoms. The van der Waals surface area contributed by atoms with E-state index >= 15 is 0 Å². The van der Waals surface area contributed by atoms with Crippen LogP contribution in [0.2, 0.25) is 0 Å². The Bertz CT molecular complexity index is 3390. The molecule has 0 saturated carbocycles. The average molecular weight is 923 g/mol. The van der Waals surface area contributed by atoms with E-state index in [2.05, 4.69) is 41.2 Å². The maximum absolute atomic E-state index is 13.0. The number of amides is 2. The Morgan fingerprint density at radius 2 is 0.943 bits per heavy atom. The number of benzene rings is 6. The van der Waals surface area contributed by atoms with Gasteiger partial charge in [-0.15, -0.1) is 0 Å². The van der Waals surface area contributed by atoms with Crippen LogP contribution in [-0.2, 0) is 0 Å². The van der Waals surface area contributed by atoms with Gasteiger partial charge in [0.15, 0.2) is 0 Å². The number of aryl methyl sites for hydroxylation is 2. The van der Waals surface area contributed by atoms with Gasteiger partial charge in [0.05, 0.1) is 16.7 Å². The van der Waals surface area contributed by atoms with Crippen molar-refractivity contribution in [3.8, 4) is 23.0 Å². The van der Waals surface area contributed by atoms with Crippen molar-refractivity contribution in [2.24, 2.45) is 0 Å². The highest BCUT2D eigenvalue weighted by atomic mass is 16.5. The molecular formula is C58H50N8O4. The van der Waals surface area contributed by atoms with Crippen LogP contribution in [0, 0.1) is 13.8 Å². The number of nitrogens with zero attached hydrogens (tertiary/aromatic N) is 4. The molecule has 0 unspecified atom stereocenters. The molecule has 346 valence electrons. The van der Waals surface area contributed by atoms with E-state index in [0.717, 1.165) is 55.8 Å². The fourth-order valence-corrected chi connectivity index (χ4v) is 7.36. The number of aromatic nitrogens is 4. The summed E-state index contributed by atoms with van der Waals surface area (Å²) in [6, 6.07) is 54.4. The third kappa shape index (κ3) is 12.3. The third-order valence-electron chi connectivity index (χ3n) is 10.6. The third-order valence-corrected chi connectivity index (χ3v) is 10.6. The summed E-state index contributed by atoms with van der Waals surface area (Å²) in [4.78, 5) is 43.0. The SMILES string of the molecule is CC.Cc1cc(Nc2cccc(C(=O)Nc3cccc(Oc4ccncc4)c3)c2)c2ccccc2n1.Cc1cnc2ccccc2c1Nc1cccc(C(=O)Nc2cccc(Oc3ccncc3)c2)c1. The van der Waals surface area contributed by atoms with Crippen molar-refractivity contribution in [1.29, 1.82) is 0 Å². The summed E-state index contributed by atoms with van der Waals surface area (Å²) >= 11 is 0. The first-order valence-electron chi connectivity index (χ1n) is 22.7. The van der Waals surface area contributed by atoms with Crippen LogP contribution in [0.3, 0.4) is 0 Å². The van der Waals surface area contributed by atoms with E-state index in [4.69, 9.17) is 9.47 Å². The van der Waals surface area contributed by atoms with E-state index < -0.39 is 0 Å². The highest BCUT2D eigenvalue weighted by Gasteiger charge is 2.13. The van der Waals surface area contributed by atoms with Crippen LogP contribution in [0.25, 0.3) is 21.8 Å². The molecule has 4 heterocycles. The van der Waals surface area contributed by atoms with Crippen LogP contribution < -0.4 is 30.7 Å². The van der Waals surface area contributed by atoms with E-state index in [1.807, 2.05) is 161 Å². The fraction of sp³-hybridized carbons (Fsp3) is 0.0690. The minimum Gasteiger partial charge on any atom is -0.457 e. The van der Waals surface area contributed by atoms with Crippen molar-refractivity contribution in [3.05, 3.63) is 229 Å². The fourth-order valence-electron chi connectivity index (χ4n) is 7.36. The monoisotopic (exact) mass is 922 g/mol. The molecule has 10 rings (SSSR count). The van der Waals surface area contributed by atoms with E-state index in [9.17, 15) is 9.59 Å². The van der Waals surface area contributed by atoms with Crippen LogP contribution >= 0.6 is 0 Å². The molecule has 10 aromatic rings. The number of hydrogen-bond donors (Lipinski definition) is 4. The predicted octanol–water partition coefficient (Wildman–Crippen LogP) is 14.5. The number of carbonyl (C=O) groups is 2. The Morgan fingerprint density at radius 1 is 0.457 bits per heavy atom. The number of nitrogens with one attached hydrogen (secondary N) is 4. The second-order valence-electron chi connectivity index (χ2n) is 15.6. The maximum atomic E-state index is 13.0. The highest BCUT2D eigenvalue weighted by Crippen LogP contribution is 2.31. The molecule has 0 atom stereocenters. The molecular weight excluding hydrogens is 873 g/mol. The van der Waals surface area contributed by atoms with Gasteiger partial charge in [-0.25, -0.2) is 0 Å². The molecule has 0 aliphatic rings. The van der Waals surface area contributed by atoms with E-state index in [1.54, 1.807) is 73.3 Å². The summed E-state index contributed by atoms with van der Waals surface area (Å²) in [5.41, 5.74) is 9.72. The van der Waals surface area contributed by atoms with Gasteiger partial charge in [0, 0.05) is 99.1 Å². The summed E-state index contributed by atoms with van der Waals surface area (Å²) in [6.45, 7) is 7.98. The van der Waals surface area contributed by atoms with Crippen molar-refractivity contribution in [2.45, 2.75) is 27.7 Å². The molecule has 0 radical (unpaired) electrons. The van der Waals surface area contributed by atoms with Crippen LogP contribution in [0.15, 0.2) is 207 Å². The molecule has 4 N–H and O–H groups in total. The smallest absolute Gasteiger partial charge is 0.255 e. The van der Waals surface area contributed by atoms with Crippen molar-refractivity contribution >= 4 is 67.7 Å². The van der Waals surface area contributed by atoms with Gasteiger partial charge >= 0.3 is 0 Å². The second kappa shape index (κ2) is 22.9. The van der Waals surface area contributed by atoms with Gasteiger partial charge in [0.2, 0.25) is 0 Å². The Hall–Kier alpha value is -9.42. The van der Waals surface area contributed by atoms with Crippen LogP contribution in [0.5, 0.6) is 23.0 Å². The number of ether oxygens (including phenoxy) is 2. The largest absolute Gasteiger partial charge is 0.457 e. The molecule has 0 fully saturated rings. The number of carbonyl (C=O) groups excluding carboxylic acids is 2. The van der Waals surface area contributed by atoms with Gasteiger partial charge in [0.1, 0.15) is 23.0 Å². The molecule has 0 saturated heterocycles. The normalized spacial score (nSPS) is 10.4. The van der Waals surface area contributed by atoms with E-state index in [1.165, 1.54) is 0 Å². The van der Waals surface area contributed by atoms with Gasteiger partial charge in [-0.2, -0.15) is 0 Å². The van der Waals surface area contributed by atoms with E-state index in [-0.39, 0.29) is 11.8 Å². The lowest BCUT2D eigenvalue weighted by Crippen LogP contribution is -2.12. The van der Waals surface area contributed by atoms with Crippen LogP contribution in [0.4, 0.5) is 34.1 Å². The first-order valence-corrected chi connectivity index (χ1v) is 22.7. The first kappa shape index (κ1) is 47.1. The van der Waals surface area contributed by atoms with Gasteiger partial charge in [-0.3, -0.25) is 29.5 Å². The van der Waals surface area contributed by atoms with Crippen molar-refractivity contribution in [3.63, 3.8) is 0 Å². The summed E-state index contributed by atoms with van der Waals surface area (Å²) in [7, 11) is 0. The summed E-state index contributed by atoms with van der Waals surface area (Å²) in [5.74, 6) is 2.19. The number of rotatable bonds is 12. The average Bonchev–Trinajstić information content (AvgIpc) is 3.39. The summed E-state index contributed by atoms with van der Waals surface area (Å²) in [5, 5.41) is 14.8. The van der Waals surface area contributed by atoms with Gasteiger partial charge in [-0.1, -0.05) is 74.5 Å². The molecule has 6 aromatic carbocycles. The standard InChI is InChI=1S/2C28H22N4O2.C2H6/c1-19-18-30-26-11-3-2-10-25(26)27(19)31-21-7-4-6-20(16-21)28(33)32-22-8-5-9-24(17-22)34-23-12-14-29-15-13-23;1-19-16-27(25-10-2-3-11-26(25)30-19)31-21-7-4-6-20(17-21)28(33)32-22-8-5-9-24(18-22)34-23-12-14-29-15-13-23;1-2/h2*2-18H,1H3,(H,30,31)(H,32,33);1-2H3. The second-order valence-corrected chi connectivity index (χ2v) is 15.6. The molecule has 0 spiro atoms. The Labute approximate surface area is 406 Å². The predicted molar refractivity (Wildman–Crippen MR) is 281 cm³/mol. The van der Waals surface area contributed by atoms with Crippen molar-refractivity contribution in [1.82, 2.24) is 19.9 Å². The van der Waals surface area contributed by atoms with Gasteiger partial charge < -0.3 is 30.7 Å². The maximum Gasteiger partial charge on any atom is 0.255 e. The van der Waals surface area contributed by atoms with Crippen molar-refractivity contribution < 1.29 is 19.1 Å². The zero-order valence-electron chi connectivity index (χ0n) is 39.1. The molecule has 70 heavy (non-hydrogen) atoms. The number of fused-ring (bicyclic) bond motifs is 2. The quantitative estimate of drug-likeness (QED) is 0.0931. The highest BCUT2D eigenvalue weighted by molar-refractivity contribution is 6.06. The number of hydrogen-bond acceptors (Lipinski definition) is 10.